The Morgan fingerprint density at radius 3 is 2.36 bits per heavy atom. The molecule has 2 rings (SSSR count). The van der Waals surface area contributed by atoms with E-state index in [1.165, 1.54) is 6.92 Å². The average Bonchev–Trinajstić information content (AvgIpc) is 2.65. The van der Waals surface area contributed by atoms with Gasteiger partial charge in [0.05, 0.1) is 11.2 Å². The van der Waals surface area contributed by atoms with Gasteiger partial charge in [0, 0.05) is 24.5 Å². The second-order valence-electron chi connectivity index (χ2n) is 6.57. The number of carbonyl (C=O) groups excluding carboxylic acids is 1. The SMILES string of the molecule is CC(=O)c1cncc(C=C(CN)B2OC(C)(C)C(C)(C)O2)c1. The van der Waals surface area contributed by atoms with Crippen LogP contribution in [0.4, 0.5) is 0 Å². The van der Waals surface area contributed by atoms with Crippen molar-refractivity contribution < 1.29 is 14.1 Å². The molecule has 0 aromatic carbocycles. The molecule has 0 amide bonds. The summed E-state index contributed by atoms with van der Waals surface area (Å²) < 4.78 is 12.0. The maximum absolute atomic E-state index is 11.4. The Morgan fingerprint density at radius 1 is 1.27 bits per heavy atom. The van der Waals surface area contributed by atoms with Crippen molar-refractivity contribution in [1.29, 1.82) is 0 Å². The van der Waals surface area contributed by atoms with Gasteiger partial charge in [-0.05, 0) is 51.7 Å². The maximum atomic E-state index is 11.4. The number of ketones is 1. The first kappa shape index (κ1) is 16.9. The van der Waals surface area contributed by atoms with Crippen molar-refractivity contribution in [3.05, 3.63) is 35.1 Å². The molecule has 0 atom stereocenters. The lowest BCUT2D eigenvalue weighted by atomic mass is 9.77. The highest BCUT2D eigenvalue weighted by Gasteiger charge is 2.52. The Hall–Kier alpha value is -1.50. The minimum absolute atomic E-state index is 0.0207. The summed E-state index contributed by atoms with van der Waals surface area (Å²) in [7, 11) is -0.490. The van der Waals surface area contributed by atoms with Crippen LogP contribution in [0.5, 0.6) is 0 Å². The number of nitrogens with two attached hydrogens (primary N) is 1. The molecule has 0 unspecified atom stereocenters. The van der Waals surface area contributed by atoms with Gasteiger partial charge >= 0.3 is 7.12 Å². The molecule has 5 nitrogen and oxygen atoms in total. The smallest absolute Gasteiger partial charge is 0.400 e. The highest BCUT2D eigenvalue weighted by Crippen LogP contribution is 2.38. The first-order chi connectivity index (χ1) is 10.2. The minimum Gasteiger partial charge on any atom is -0.400 e. The number of rotatable bonds is 4. The highest BCUT2D eigenvalue weighted by atomic mass is 16.7. The number of aromatic nitrogens is 1. The van der Waals surface area contributed by atoms with Crippen molar-refractivity contribution >= 4 is 19.0 Å². The Morgan fingerprint density at radius 2 is 1.86 bits per heavy atom. The van der Waals surface area contributed by atoms with E-state index in [0.29, 0.717) is 12.1 Å². The zero-order valence-corrected chi connectivity index (χ0v) is 13.8. The Balaban J connectivity index is 2.29. The van der Waals surface area contributed by atoms with Crippen molar-refractivity contribution in [2.45, 2.75) is 45.8 Å². The molecule has 0 aliphatic carbocycles. The quantitative estimate of drug-likeness (QED) is 0.682. The molecule has 0 radical (unpaired) electrons. The van der Waals surface area contributed by atoms with Crippen LogP contribution in [-0.4, -0.2) is 35.6 Å². The van der Waals surface area contributed by atoms with Gasteiger partial charge in [0.1, 0.15) is 0 Å². The van der Waals surface area contributed by atoms with Crippen molar-refractivity contribution in [2.24, 2.45) is 5.73 Å². The van der Waals surface area contributed by atoms with Crippen LogP contribution in [-0.2, 0) is 9.31 Å². The maximum Gasteiger partial charge on any atom is 0.491 e. The van der Waals surface area contributed by atoms with E-state index in [-0.39, 0.29) is 5.78 Å². The number of Topliss-reactive ketones (excluding diaryl/α,β-unsaturated/α-hetero) is 1. The fourth-order valence-electron chi connectivity index (χ4n) is 2.16. The van der Waals surface area contributed by atoms with E-state index in [0.717, 1.165) is 11.0 Å². The lowest BCUT2D eigenvalue weighted by Gasteiger charge is -2.32. The Bertz CT molecular complexity index is 595. The monoisotopic (exact) mass is 302 g/mol. The second-order valence-corrected chi connectivity index (χ2v) is 6.57. The van der Waals surface area contributed by atoms with Crippen LogP contribution in [0.3, 0.4) is 0 Å². The van der Waals surface area contributed by atoms with Gasteiger partial charge in [0.25, 0.3) is 0 Å². The molecule has 1 saturated heterocycles. The molecule has 1 aliphatic rings. The minimum atomic E-state index is -0.490. The fraction of sp³-hybridized carbons (Fsp3) is 0.500. The van der Waals surface area contributed by atoms with Crippen molar-refractivity contribution in [1.82, 2.24) is 4.98 Å². The van der Waals surface area contributed by atoms with Crippen molar-refractivity contribution in [2.75, 3.05) is 6.54 Å². The van der Waals surface area contributed by atoms with E-state index in [1.54, 1.807) is 18.5 Å². The molecule has 2 N–H and O–H groups in total. The van der Waals surface area contributed by atoms with Crippen LogP contribution in [0, 0.1) is 0 Å². The standard InChI is InChI=1S/C16H23BN2O3/c1-11(20)13-6-12(9-19-10-13)7-14(8-18)17-21-15(2,3)16(4,5)22-17/h6-7,9-10H,8,18H2,1-5H3. The lowest BCUT2D eigenvalue weighted by molar-refractivity contribution is 0.00578. The number of nitrogens with zero attached hydrogens (tertiary/aromatic N) is 1. The van der Waals surface area contributed by atoms with E-state index in [1.807, 2.05) is 33.8 Å². The molecule has 1 aliphatic heterocycles. The van der Waals surface area contributed by atoms with Crippen LogP contribution >= 0.6 is 0 Å². The van der Waals surface area contributed by atoms with Crippen LogP contribution in [0.15, 0.2) is 23.9 Å². The van der Waals surface area contributed by atoms with Gasteiger partial charge in [0.2, 0.25) is 0 Å². The van der Waals surface area contributed by atoms with E-state index in [4.69, 9.17) is 15.0 Å². The van der Waals surface area contributed by atoms with Gasteiger partial charge in [-0.3, -0.25) is 9.78 Å². The van der Waals surface area contributed by atoms with Gasteiger partial charge in [0.15, 0.2) is 5.78 Å². The van der Waals surface area contributed by atoms with Gasteiger partial charge < -0.3 is 15.0 Å². The Kier molecular flexibility index (Phi) is 4.56. The second kappa shape index (κ2) is 5.95. The molecule has 0 saturated carbocycles. The number of hydrogen-bond acceptors (Lipinski definition) is 5. The molecule has 1 aromatic rings. The van der Waals surface area contributed by atoms with E-state index < -0.39 is 18.3 Å². The normalized spacial score (nSPS) is 20.3. The highest BCUT2D eigenvalue weighted by molar-refractivity contribution is 6.55. The first-order valence-electron chi connectivity index (χ1n) is 7.38. The molecule has 2 heterocycles. The first-order valence-corrected chi connectivity index (χ1v) is 7.38. The molecule has 118 valence electrons. The predicted molar refractivity (Wildman–Crippen MR) is 87.4 cm³/mol. The summed E-state index contributed by atoms with van der Waals surface area (Å²) in [4.78, 5) is 15.5. The summed E-state index contributed by atoms with van der Waals surface area (Å²) >= 11 is 0. The number of hydrogen-bond donors (Lipinski definition) is 1. The molecule has 0 spiro atoms. The molecule has 22 heavy (non-hydrogen) atoms. The summed E-state index contributed by atoms with van der Waals surface area (Å²) in [6.45, 7) is 9.82. The molecular formula is C16H23BN2O3. The predicted octanol–water partition coefficient (Wildman–Crippen LogP) is 2.26. The molecule has 1 aromatic heterocycles. The topological polar surface area (TPSA) is 74.4 Å². The van der Waals surface area contributed by atoms with Crippen LogP contribution in [0.1, 0.15) is 50.5 Å². The summed E-state index contributed by atoms with van der Waals surface area (Å²) in [5, 5.41) is 0. The largest absolute Gasteiger partial charge is 0.491 e. The van der Waals surface area contributed by atoms with Crippen molar-refractivity contribution in [3.8, 4) is 0 Å². The van der Waals surface area contributed by atoms with Gasteiger partial charge in [-0.2, -0.15) is 0 Å². The molecule has 6 heteroatoms. The summed E-state index contributed by atoms with van der Waals surface area (Å²) in [5.74, 6) is -0.0207. The summed E-state index contributed by atoms with van der Waals surface area (Å²) in [5.41, 5.74) is 7.23. The average molecular weight is 302 g/mol. The van der Waals surface area contributed by atoms with E-state index in [9.17, 15) is 4.79 Å². The third kappa shape index (κ3) is 3.29. The van der Waals surface area contributed by atoms with Crippen molar-refractivity contribution in [3.63, 3.8) is 0 Å². The van der Waals surface area contributed by atoms with E-state index in [2.05, 4.69) is 4.98 Å². The Labute approximate surface area is 132 Å². The van der Waals surface area contributed by atoms with Crippen LogP contribution < -0.4 is 5.73 Å². The summed E-state index contributed by atoms with van der Waals surface area (Å²) in [6.07, 6.45) is 5.12. The zero-order chi connectivity index (χ0) is 16.5. The zero-order valence-electron chi connectivity index (χ0n) is 13.8. The number of pyridine rings is 1. The molecule has 0 bridgehead atoms. The summed E-state index contributed by atoms with van der Waals surface area (Å²) in [6, 6.07) is 1.79. The molecule has 1 fully saturated rings. The van der Waals surface area contributed by atoms with Gasteiger partial charge in [-0.15, -0.1) is 0 Å². The third-order valence-electron chi connectivity index (χ3n) is 4.31. The van der Waals surface area contributed by atoms with Gasteiger partial charge in [-0.25, -0.2) is 0 Å². The van der Waals surface area contributed by atoms with Gasteiger partial charge in [-0.1, -0.05) is 6.08 Å². The number of carbonyl (C=O) groups is 1. The third-order valence-corrected chi connectivity index (χ3v) is 4.31. The molecular weight excluding hydrogens is 279 g/mol. The van der Waals surface area contributed by atoms with Crippen LogP contribution in [0.2, 0.25) is 0 Å². The van der Waals surface area contributed by atoms with Crippen LogP contribution in [0.25, 0.3) is 6.08 Å². The van der Waals surface area contributed by atoms with E-state index >= 15 is 0 Å². The fourth-order valence-corrected chi connectivity index (χ4v) is 2.16. The lowest BCUT2D eigenvalue weighted by Crippen LogP contribution is -2.41.